The number of hydrogen-bond acceptors (Lipinski definition) is 3. The zero-order valence-electron chi connectivity index (χ0n) is 14.4. The summed E-state index contributed by atoms with van der Waals surface area (Å²) in [6.07, 6.45) is 2.87. The number of carbonyl (C=O) groups excluding carboxylic acids is 1. The fraction of sp³-hybridized carbons (Fsp3) is 0.941. The van der Waals surface area contributed by atoms with E-state index < -0.39 is 0 Å². The summed E-state index contributed by atoms with van der Waals surface area (Å²) in [6, 6.07) is -0.00335. The number of likely N-dealkylation sites (tertiary alicyclic amines) is 1. The Morgan fingerprint density at radius 2 is 1.67 bits per heavy atom. The van der Waals surface area contributed by atoms with Gasteiger partial charge in [0.25, 0.3) is 0 Å². The van der Waals surface area contributed by atoms with E-state index in [1.54, 1.807) is 0 Å². The lowest BCUT2D eigenvalue weighted by Crippen LogP contribution is -2.44. The number of hydrogen-bond donors (Lipinski definition) is 1. The first-order valence-electron chi connectivity index (χ1n) is 8.69. The predicted molar refractivity (Wildman–Crippen MR) is 86.9 cm³/mol. The standard InChI is InChI=1S/C17H33N3O/c1-12(2)15-17(21)20(16(18-15)13(3)4)11-14(5)10-19-8-6-7-9-19/h12-16,18H,6-11H2,1-5H3. The summed E-state index contributed by atoms with van der Waals surface area (Å²) in [4.78, 5) is 17.3. The van der Waals surface area contributed by atoms with Gasteiger partial charge in [-0.15, -0.1) is 0 Å². The predicted octanol–water partition coefficient (Wildman–Crippen LogP) is 2.16. The second-order valence-corrected chi connectivity index (χ2v) is 7.68. The monoisotopic (exact) mass is 295 g/mol. The van der Waals surface area contributed by atoms with E-state index in [9.17, 15) is 4.79 Å². The van der Waals surface area contributed by atoms with Crippen LogP contribution in [0.5, 0.6) is 0 Å². The summed E-state index contributed by atoms with van der Waals surface area (Å²) in [5.74, 6) is 1.66. The summed E-state index contributed by atoms with van der Waals surface area (Å²) in [7, 11) is 0. The van der Waals surface area contributed by atoms with Crippen LogP contribution in [0.2, 0.25) is 0 Å². The van der Waals surface area contributed by atoms with Gasteiger partial charge in [-0.1, -0.05) is 34.6 Å². The minimum atomic E-state index is -0.00335. The zero-order chi connectivity index (χ0) is 15.6. The maximum Gasteiger partial charge on any atom is 0.241 e. The lowest BCUT2D eigenvalue weighted by Gasteiger charge is -2.31. The molecule has 0 bridgehead atoms. The third-order valence-electron chi connectivity index (χ3n) is 4.81. The first-order valence-corrected chi connectivity index (χ1v) is 8.69. The quantitative estimate of drug-likeness (QED) is 0.815. The molecule has 3 unspecified atom stereocenters. The van der Waals surface area contributed by atoms with Gasteiger partial charge in [-0.25, -0.2) is 0 Å². The third-order valence-corrected chi connectivity index (χ3v) is 4.81. The van der Waals surface area contributed by atoms with Gasteiger partial charge < -0.3 is 9.80 Å². The van der Waals surface area contributed by atoms with Crippen LogP contribution in [0.1, 0.15) is 47.5 Å². The van der Waals surface area contributed by atoms with Crippen LogP contribution in [-0.4, -0.2) is 54.1 Å². The Balaban J connectivity index is 1.96. The van der Waals surface area contributed by atoms with Crippen molar-refractivity contribution >= 4 is 5.91 Å². The van der Waals surface area contributed by atoms with Crippen molar-refractivity contribution < 1.29 is 4.79 Å². The Labute approximate surface area is 130 Å². The van der Waals surface area contributed by atoms with E-state index in [-0.39, 0.29) is 12.2 Å². The maximum atomic E-state index is 12.7. The molecule has 2 saturated heterocycles. The maximum absolute atomic E-state index is 12.7. The number of amides is 1. The van der Waals surface area contributed by atoms with Gasteiger partial charge in [0.2, 0.25) is 5.91 Å². The van der Waals surface area contributed by atoms with Gasteiger partial charge in [-0.05, 0) is 43.7 Å². The van der Waals surface area contributed by atoms with Crippen LogP contribution < -0.4 is 5.32 Å². The lowest BCUT2D eigenvalue weighted by atomic mass is 10.0. The van der Waals surface area contributed by atoms with E-state index in [1.165, 1.54) is 25.9 Å². The molecule has 0 saturated carbocycles. The van der Waals surface area contributed by atoms with Crippen molar-refractivity contribution in [1.82, 2.24) is 15.1 Å². The van der Waals surface area contributed by atoms with Crippen LogP contribution >= 0.6 is 0 Å². The Morgan fingerprint density at radius 1 is 1.05 bits per heavy atom. The van der Waals surface area contributed by atoms with Gasteiger partial charge in [-0.3, -0.25) is 10.1 Å². The molecule has 0 aromatic carbocycles. The van der Waals surface area contributed by atoms with E-state index in [1.807, 2.05) is 0 Å². The van der Waals surface area contributed by atoms with E-state index >= 15 is 0 Å². The second-order valence-electron chi connectivity index (χ2n) is 7.68. The molecule has 0 spiro atoms. The Morgan fingerprint density at radius 3 is 2.19 bits per heavy atom. The average Bonchev–Trinajstić information content (AvgIpc) is 2.99. The van der Waals surface area contributed by atoms with Crippen LogP contribution in [-0.2, 0) is 4.79 Å². The molecule has 4 nitrogen and oxygen atoms in total. The number of carbonyl (C=O) groups is 1. The van der Waals surface area contributed by atoms with Gasteiger partial charge in [0.1, 0.15) is 0 Å². The van der Waals surface area contributed by atoms with Gasteiger partial charge >= 0.3 is 0 Å². The molecule has 2 heterocycles. The highest BCUT2D eigenvalue weighted by Crippen LogP contribution is 2.23. The highest BCUT2D eigenvalue weighted by molar-refractivity contribution is 5.84. The van der Waals surface area contributed by atoms with E-state index in [0.717, 1.165) is 13.1 Å². The highest BCUT2D eigenvalue weighted by Gasteiger charge is 2.41. The molecule has 21 heavy (non-hydrogen) atoms. The summed E-state index contributed by atoms with van der Waals surface area (Å²) in [6.45, 7) is 15.4. The van der Waals surface area contributed by atoms with Crippen molar-refractivity contribution in [3.8, 4) is 0 Å². The van der Waals surface area contributed by atoms with E-state index in [4.69, 9.17) is 0 Å². The van der Waals surface area contributed by atoms with Crippen molar-refractivity contribution in [3.63, 3.8) is 0 Å². The molecule has 2 rings (SSSR count). The average molecular weight is 295 g/mol. The summed E-state index contributed by atoms with van der Waals surface area (Å²) in [5, 5.41) is 3.55. The van der Waals surface area contributed by atoms with Gasteiger partial charge in [-0.2, -0.15) is 0 Å². The molecule has 2 aliphatic heterocycles. The Bertz CT molecular complexity index is 350. The van der Waals surface area contributed by atoms with Crippen LogP contribution in [0.3, 0.4) is 0 Å². The molecular formula is C17H33N3O. The first-order chi connectivity index (χ1) is 9.90. The normalized spacial score (nSPS) is 29.1. The van der Waals surface area contributed by atoms with Gasteiger partial charge in [0, 0.05) is 13.1 Å². The van der Waals surface area contributed by atoms with Crippen LogP contribution in [0.4, 0.5) is 0 Å². The molecule has 122 valence electrons. The molecule has 1 amide bonds. The topological polar surface area (TPSA) is 35.6 Å². The first kappa shape index (κ1) is 16.8. The van der Waals surface area contributed by atoms with Crippen molar-refractivity contribution in [1.29, 1.82) is 0 Å². The van der Waals surface area contributed by atoms with Crippen molar-refractivity contribution in [2.45, 2.75) is 59.7 Å². The number of nitrogens with zero attached hydrogens (tertiary/aromatic N) is 2. The molecule has 0 radical (unpaired) electrons. The van der Waals surface area contributed by atoms with E-state index in [0.29, 0.717) is 23.7 Å². The molecule has 4 heteroatoms. The molecule has 2 aliphatic rings. The smallest absolute Gasteiger partial charge is 0.241 e. The minimum Gasteiger partial charge on any atom is -0.325 e. The van der Waals surface area contributed by atoms with Crippen LogP contribution in [0.15, 0.2) is 0 Å². The second kappa shape index (κ2) is 7.10. The molecule has 0 aromatic heterocycles. The Kier molecular flexibility index (Phi) is 5.67. The Hall–Kier alpha value is -0.610. The molecule has 0 aliphatic carbocycles. The summed E-state index contributed by atoms with van der Waals surface area (Å²) < 4.78 is 0. The molecular weight excluding hydrogens is 262 g/mol. The molecule has 2 fully saturated rings. The largest absolute Gasteiger partial charge is 0.325 e. The highest BCUT2D eigenvalue weighted by atomic mass is 16.2. The number of rotatable bonds is 6. The molecule has 1 N–H and O–H groups in total. The summed E-state index contributed by atoms with van der Waals surface area (Å²) >= 11 is 0. The molecule has 0 aromatic rings. The fourth-order valence-corrected chi connectivity index (χ4v) is 3.69. The lowest BCUT2D eigenvalue weighted by molar-refractivity contribution is -0.131. The van der Waals surface area contributed by atoms with Crippen LogP contribution in [0, 0.1) is 17.8 Å². The van der Waals surface area contributed by atoms with Gasteiger partial charge in [0.05, 0.1) is 12.2 Å². The summed E-state index contributed by atoms with van der Waals surface area (Å²) in [5.41, 5.74) is 0. The third kappa shape index (κ3) is 3.98. The zero-order valence-corrected chi connectivity index (χ0v) is 14.4. The van der Waals surface area contributed by atoms with Crippen molar-refractivity contribution in [2.75, 3.05) is 26.2 Å². The van der Waals surface area contributed by atoms with E-state index in [2.05, 4.69) is 49.7 Å². The fourth-order valence-electron chi connectivity index (χ4n) is 3.69. The van der Waals surface area contributed by atoms with Gasteiger partial charge in [0.15, 0.2) is 0 Å². The molecule has 3 atom stereocenters. The van der Waals surface area contributed by atoms with Crippen molar-refractivity contribution in [2.24, 2.45) is 17.8 Å². The van der Waals surface area contributed by atoms with Crippen LogP contribution in [0.25, 0.3) is 0 Å². The number of nitrogens with one attached hydrogen (secondary N) is 1. The SMILES string of the molecule is CC(CN1CCCC1)CN1C(=O)C(C(C)C)NC1C(C)C. The minimum absolute atomic E-state index is 0.00335. The van der Waals surface area contributed by atoms with Crippen molar-refractivity contribution in [3.05, 3.63) is 0 Å².